The fourth-order valence-electron chi connectivity index (χ4n) is 1.64. The molecule has 30 heavy (non-hydrogen) atoms. The van der Waals surface area contributed by atoms with Crippen LogP contribution < -0.4 is 11.1 Å². The molecule has 0 saturated carbocycles. The summed E-state index contributed by atoms with van der Waals surface area (Å²) >= 11 is 0. The molecule has 8 heteroatoms. The van der Waals surface area contributed by atoms with Gasteiger partial charge in [-0.1, -0.05) is 40.7 Å². The summed E-state index contributed by atoms with van der Waals surface area (Å²) in [6.45, 7) is 13.7. The van der Waals surface area contributed by atoms with Gasteiger partial charge in [0.15, 0.2) is 0 Å². The highest BCUT2D eigenvalue weighted by molar-refractivity contribution is 6.04. The number of hydrogen-bond acceptors (Lipinski definition) is 5. The van der Waals surface area contributed by atoms with Gasteiger partial charge in [-0.3, -0.25) is 4.79 Å². The Kier molecular flexibility index (Phi) is 15.2. The maximum Gasteiger partial charge on any atom is 0.259 e. The zero-order chi connectivity index (χ0) is 23.9. The van der Waals surface area contributed by atoms with Crippen LogP contribution in [0, 0.1) is 28.4 Å². The molecule has 1 amide bonds. The summed E-state index contributed by atoms with van der Waals surface area (Å²) in [4.78, 5) is 16.0. The van der Waals surface area contributed by atoms with Gasteiger partial charge in [-0.2, -0.15) is 0 Å². The van der Waals surface area contributed by atoms with Gasteiger partial charge in [0.1, 0.15) is 17.5 Å². The minimum Gasteiger partial charge on any atom is -0.396 e. The van der Waals surface area contributed by atoms with Crippen molar-refractivity contribution in [3.05, 3.63) is 53.2 Å². The Morgan fingerprint density at radius 3 is 2.13 bits per heavy atom. The average molecular weight is 422 g/mol. The molecule has 1 aromatic heterocycles. The van der Waals surface area contributed by atoms with E-state index in [1.54, 1.807) is 26.0 Å². The molecule has 2 aromatic rings. The summed E-state index contributed by atoms with van der Waals surface area (Å²) in [5.41, 5.74) is 5.22. The molecule has 166 valence electrons. The van der Waals surface area contributed by atoms with Crippen LogP contribution in [0.3, 0.4) is 0 Å². The molecule has 0 aliphatic carbocycles. The van der Waals surface area contributed by atoms with Gasteiger partial charge in [0.25, 0.3) is 5.91 Å². The summed E-state index contributed by atoms with van der Waals surface area (Å²) in [6.07, 6.45) is 1.25. The fourth-order valence-corrected chi connectivity index (χ4v) is 1.64. The monoisotopic (exact) mass is 421 g/mol. The third-order valence-electron chi connectivity index (χ3n) is 2.71. The van der Waals surface area contributed by atoms with Gasteiger partial charge < -0.3 is 21.9 Å². The number of amides is 1. The van der Waals surface area contributed by atoms with Crippen LogP contribution >= 0.6 is 0 Å². The van der Waals surface area contributed by atoms with E-state index >= 15 is 0 Å². The number of nitrogens with two attached hydrogens (primary N) is 1. The molecule has 2 rings (SSSR count). The Hall–Kier alpha value is -3.16. The summed E-state index contributed by atoms with van der Waals surface area (Å²) in [6, 6.07) is 6.18. The lowest BCUT2D eigenvalue weighted by atomic mass is 10.1. The molecule has 6 nitrogen and oxygen atoms in total. The third-order valence-corrected chi connectivity index (χ3v) is 2.71. The molecular formula is C22H33F2N5O. The Labute approximate surface area is 177 Å². The minimum absolute atomic E-state index is 0.159. The Bertz CT molecular complexity index is 820. The zero-order valence-corrected chi connectivity index (χ0v) is 18.7. The van der Waals surface area contributed by atoms with E-state index in [1.165, 1.54) is 12.3 Å². The van der Waals surface area contributed by atoms with E-state index in [1.807, 2.05) is 13.8 Å². The first-order valence-electron chi connectivity index (χ1n) is 9.56. The number of anilines is 2. The van der Waals surface area contributed by atoms with E-state index in [-0.39, 0.29) is 22.8 Å². The fraction of sp³-hybridized carbons (Fsp3) is 0.364. The standard InChI is InChI=1S/C14H12F2N4O.C4H10.C2H5N.C2H6/c1-7(17)12-3-2-4-13(19-12)20-14(21)8-5-11(18)10(16)6-9(8)15;1-4(2)3;1-2-3;1-2/h2-6,17H,18H2,1H3,(H,19,20,21);4H,1-3H3;2-3H,1H3;1-2H3. The second-order valence-electron chi connectivity index (χ2n) is 6.36. The lowest BCUT2D eigenvalue weighted by Crippen LogP contribution is -2.16. The quantitative estimate of drug-likeness (QED) is 0.364. The predicted molar refractivity (Wildman–Crippen MR) is 122 cm³/mol. The number of nitrogen functional groups attached to an aromatic ring is 1. The number of pyridine rings is 1. The highest BCUT2D eigenvalue weighted by Crippen LogP contribution is 2.18. The Morgan fingerprint density at radius 1 is 1.17 bits per heavy atom. The molecule has 0 radical (unpaired) electrons. The molecule has 1 heterocycles. The SMILES string of the molecule is CC.CC(=N)c1cccc(NC(=O)c2cc(N)c(F)cc2F)n1.CC(C)C.CC=N. The number of halogens is 2. The molecule has 0 spiro atoms. The number of hydrogen-bond donors (Lipinski definition) is 4. The first-order valence-corrected chi connectivity index (χ1v) is 9.56. The van der Waals surface area contributed by atoms with Gasteiger partial charge in [0.05, 0.1) is 22.7 Å². The summed E-state index contributed by atoms with van der Waals surface area (Å²) < 4.78 is 26.6. The summed E-state index contributed by atoms with van der Waals surface area (Å²) in [5.74, 6) is -1.75. The number of rotatable bonds is 3. The minimum atomic E-state index is -1.02. The zero-order valence-electron chi connectivity index (χ0n) is 18.7. The number of nitrogens with one attached hydrogen (secondary N) is 3. The van der Waals surface area contributed by atoms with Crippen molar-refractivity contribution in [2.24, 2.45) is 5.92 Å². The molecule has 0 fully saturated rings. The summed E-state index contributed by atoms with van der Waals surface area (Å²) in [7, 11) is 0. The van der Waals surface area contributed by atoms with E-state index in [4.69, 9.17) is 16.6 Å². The van der Waals surface area contributed by atoms with E-state index < -0.39 is 17.5 Å². The van der Waals surface area contributed by atoms with Crippen molar-refractivity contribution in [3.8, 4) is 0 Å². The number of aromatic nitrogens is 1. The number of carbonyl (C=O) groups is 1. The van der Waals surface area contributed by atoms with Crippen LogP contribution in [0.5, 0.6) is 0 Å². The first kappa shape index (κ1) is 29.0. The second-order valence-corrected chi connectivity index (χ2v) is 6.36. The molecule has 0 aliphatic rings. The third kappa shape index (κ3) is 11.6. The van der Waals surface area contributed by atoms with Crippen LogP contribution in [0.25, 0.3) is 0 Å². The topological polar surface area (TPSA) is 116 Å². The maximum atomic E-state index is 13.6. The first-order chi connectivity index (χ1) is 14.0. The smallest absolute Gasteiger partial charge is 0.259 e. The average Bonchev–Trinajstić information content (AvgIpc) is 2.66. The largest absolute Gasteiger partial charge is 0.396 e. The molecule has 0 aliphatic heterocycles. The van der Waals surface area contributed by atoms with Crippen molar-refractivity contribution in [1.29, 1.82) is 10.8 Å². The van der Waals surface area contributed by atoms with Gasteiger partial charge >= 0.3 is 0 Å². The Balaban J connectivity index is 0. The van der Waals surface area contributed by atoms with Gasteiger partial charge in [-0.05, 0) is 44.2 Å². The molecule has 0 bridgehead atoms. The van der Waals surface area contributed by atoms with Gasteiger partial charge in [-0.15, -0.1) is 0 Å². The molecular weight excluding hydrogens is 388 g/mol. The number of benzene rings is 1. The van der Waals surface area contributed by atoms with E-state index in [0.717, 1.165) is 12.0 Å². The van der Waals surface area contributed by atoms with Crippen molar-refractivity contribution in [1.82, 2.24) is 4.98 Å². The maximum absolute atomic E-state index is 13.6. The van der Waals surface area contributed by atoms with E-state index in [2.05, 4.69) is 31.1 Å². The van der Waals surface area contributed by atoms with Crippen LogP contribution in [0.15, 0.2) is 30.3 Å². The van der Waals surface area contributed by atoms with Crippen LogP contribution in [0.4, 0.5) is 20.3 Å². The highest BCUT2D eigenvalue weighted by Gasteiger charge is 2.15. The lowest BCUT2D eigenvalue weighted by molar-refractivity contribution is 0.102. The molecule has 5 N–H and O–H groups in total. The summed E-state index contributed by atoms with van der Waals surface area (Å²) in [5, 5.41) is 15.9. The van der Waals surface area contributed by atoms with Crippen LogP contribution in [-0.4, -0.2) is 22.8 Å². The highest BCUT2D eigenvalue weighted by atomic mass is 19.1. The molecule has 0 atom stereocenters. The predicted octanol–water partition coefficient (Wildman–Crippen LogP) is 5.93. The van der Waals surface area contributed by atoms with Crippen molar-refractivity contribution < 1.29 is 13.6 Å². The lowest BCUT2D eigenvalue weighted by Gasteiger charge is -2.08. The van der Waals surface area contributed by atoms with Gasteiger partial charge in [-0.25, -0.2) is 13.8 Å². The number of carbonyl (C=O) groups excluding carboxylic acids is 1. The normalized spacial score (nSPS) is 9.00. The van der Waals surface area contributed by atoms with E-state index in [0.29, 0.717) is 11.8 Å². The van der Waals surface area contributed by atoms with Crippen molar-refractivity contribution in [2.45, 2.75) is 48.5 Å². The molecule has 0 unspecified atom stereocenters. The van der Waals surface area contributed by atoms with Crippen LogP contribution in [-0.2, 0) is 0 Å². The molecule has 0 saturated heterocycles. The second kappa shape index (κ2) is 15.7. The van der Waals surface area contributed by atoms with Crippen molar-refractivity contribution >= 4 is 29.3 Å². The van der Waals surface area contributed by atoms with Gasteiger partial charge in [0, 0.05) is 6.07 Å². The van der Waals surface area contributed by atoms with Gasteiger partial charge in [0.2, 0.25) is 0 Å². The van der Waals surface area contributed by atoms with Crippen molar-refractivity contribution in [2.75, 3.05) is 11.1 Å². The Morgan fingerprint density at radius 2 is 1.67 bits per heavy atom. The van der Waals surface area contributed by atoms with Crippen molar-refractivity contribution in [3.63, 3.8) is 0 Å². The molecule has 1 aromatic carbocycles. The van der Waals surface area contributed by atoms with Crippen LogP contribution in [0.1, 0.15) is 64.5 Å². The number of nitrogens with zero attached hydrogens (tertiary/aromatic N) is 1. The van der Waals surface area contributed by atoms with Crippen LogP contribution in [0.2, 0.25) is 0 Å². The van der Waals surface area contributed by atoms with E-state index in [9.17, 15) is 13.6 Å².